The molecule has 100 valence electrons. The minimum Gasteiger partial charge on any atom is -0.310 e. The third-order valence-corrected chi connectivity index (χ3v) is 3.69. The van der Waals surface area contributed by atoms with E-state index >= 15 is 0 Å². The van der Waals surface area contributed by atoms with E-state index in [4.69, 9.17) is 3.07 Å². The Bertz CT molecular complexity index is 393. The molecule has 1 aliphatic heterocycles. The highest BCUT2D eigenvalue weighted by Crippen LogP contribution is 2.18. The smallest absolute Gasteiger partial charge is 0.213 e. The first-order chi connectivity index (χ1) is 8.69. The van der Waals surface area contributed by atoms with Crippen LogP contribution in [0.25, 0.3) is 0 Å². The van der Waals surface area contributed by atoms with Gasteiger partial charge in [0.1, 0.15) is 29.2 Å². The molecule has 18 heavy (non-hydrogen) atoms. The zero-order chi connectivity index (χ0) is 13.0. The summed E-state index contributed by atoms with van der Waals surface area (Å²) in [6, 6.07) is 3.54. The highest BCUT2D eigenvalue weighted by Gasteiger charge is 2.28. The van der Waals surface area contributed by atoms with Crippen LogP contribution in [0.3, 0.4) is 0 Å². The Labute approximate surface area is 120 Å². The second-order valence-corrected chi connectivity index (χ2v) is 5.24. The van der Waals surface area contributed by atoms with Gasteiger partial charge in [0.25, 0.3) is 0 Å². The van der Waals surface area contributed by atoms with E-state index in [1.807, 2.05) is 23.0 Å². The maximum absolute atomic E-state index is 12.9. The molecule has 2 N–H and O–H groups in total. The topological polar surface area (TPSA) is 46.2 Å². The van der Waals surface area contributed by atoms with Crippen molar-refractivity contribution in [1.82, 2.24) is 15.6 Å². The van der Waals surface area contributed by atoms with Crippen molar-refractivity contribution < 1.29 is 7.46 Å². The number of halogens is 2. The lowest BCUT2D eigenvalue weighted by Crippen LogP contribution is -2.44. The van der Waals surface area contributed by atoms with Crippen molar-refractivity contribution in [3.8, 4) is 0 Å². The molecule has 1 fully saturated rings. The fourth-order valence-electron chi connectivity index (χ4n) is 2.19. The summed E-state index contributed by atoms with van der Waals surface area (Å²) in [5.74, 6) is 0.220. The summed E-state index contributed by atoms with van der Waals surface area (Å²) in [7, 11) is 0. The maximum Gasteiger partial charge on any atom is 0.213 e. The molecule has 1 unspecified atom stereocenters. The molecule has 0 saturated carbocycles. The number of hydrogen-bond donors (Lipinski definition) is 2. The highest BCUT2D eigenvalue weighted by molar-refractivity contribution is 14.1. The summed E-state index contributed by atoms with van der Waals surface area (Å²) in [4.78, 5) is 3.53. The van der Waals surface area contributed by atoms with Gasteiger partial charge in [-0.1, -0.05) is 6.92 Å². The second kappa shape index (κ2) is 6.74. The molecule has 0 spiro atoms. The maximum atomic E-state index is 12.9. The van der Waals surface area contributed by atoms with Gasteiger partial charge >= 0.3 is 0 Å². The average Bonchev–Trinajstić information content (AvgIpc) is 2.77. The Morgan fingerprint density at radius 3 is 3.17 bits per heavy atom. The molecule has 0 aliphatic carbocycles. The predicted octanol–water partition coefficient (Wildman–Crippen LogP) is 2.00. The largest absolute Gasteiger partial charge is 0.310 e. The van der Waals surface area contributed by atoms with Crippen molar-refractivity contribution in [3.05, 3.63) is 29.8 Å². The normalized spacial score (nSPS) is 25.3. The lowest BCUT2D eigenvalue weighted by atomic mass is 10.1. The van der Waals surface area contributed by atoms with Crippen molar-refractivity contribution in [3.63, 3.8) is 0 Å². The number of rotatable bonds is 5. The van der Waals surface area contributed by atoms with E-state index < -0.39 is 5.95 Å². The standard InChI is InChI=1S/C12H17FIN3O/c1-8-4-10(16-6-8)12(18-14)17-7-9-2-3-15-11(13)5-9/h2-3,5,8,10,12,16-17H,4,6-7H2,1H3/t8?,10-,12+/m0/s1. The molecule has 6 heteroatoms. The van der Waals surface area contributed by atoms with Gasteiger partial charge in [-0.2, -0.15) is 4.39 Å². The Balaban J connectivity index is 1.87. The SMILES string of the molecule is CC1CN[C@H]([C@H](NCc2ccnc(F)c2)OI)C1. The third-order valence-electron chi connectivity index (χ3n) is 3.14. The van der Waals surface area contributed by atoms with E-state index in [0.29, 0.717) is 18.5 Å². The van der Waals surface area contributed by atoms with Crippen LogP contribution in [-0.2, 0) is 9.61 Å². The lowest BCUT2D eigenvalue weighted by Gasteiger charge is -2.22. The molecule has 0 radical (unpaired) electrons. The van der Waals surface area contributed by atoms with Crippen LogP contribution in [0, 0.1) is 11.9 Å². The van der Waals surface area contributed by atoms with E-state index in [0.717, 1.165) is 18.5 Å². The summed E-state index contributed by atoms with van der Waals surface area (Å²) < 4.78 is 18.4. The summed E-state index contributed by atoms with van der Waals surface area (Å²) >= 11 is 1.91. The molecule has 2 heterocycles. The number of aromatic nitrogens is 1. The highest BCUT2D eigenvalue weighted by atomic mass is 127. The van der Waals surface area contributed by atoms with Crippen molar-refractivity contribution in [2.24, 2.45) is 5.92 Å². The molecule has 2 rings (SSSR count). The molecule has 3 atom stereocenters. The van der Waals surface area contributed by atoms with Crippen molar-refractivity contribution in [2.75, 3.05) is 6.54 Å². The van der Waals surface area contributed by atoms with E-state index in [2.05, 4.69) is 22.5 Å². The Morgan fingerprint density at radius 2 is 2.56 bits per heavy atom. The van der Waals surface area contributed by atoms with E-state index in [1.165, 1.54) is 12.3 Å². The monoisotopic (exact) mass is 365 g/mol. The average molecular weight is 365 g/mol. The fraction of sp³-hybridized carbons (Fsp3) is 0.583. The van der Waals surface area contributed by atoms with Crippen molar-refractivity contribution in [1.29, 1.82) is 0 Å². The van der Waals surface area contributed by atoms with Crippen LogP contribution in [0.2, 0.25) is 0 Å². The van der Waals surface area contributed by atoms with Gasteiger partial charge in [0.05, 0.1) is 0 Å². The van der Waals surface area contributed by atoms with Crippen LogP contribution in [0.5, 0.6) is 0 Å². The molecule has 0 aromatic carbocycles. The quantitative estimate of drug-likeness (QED) is 0.476. The predicted molar refractivity (Wildman–Crippen MR) is 75.5 cm³/mol. The molecule has 0 bridgehead atoms. The van der Waals surface area contributed by atoms with Crippen LogP contribution in [0.1, 0.15) is 18.9 Å². The minimum atomic E-state index is -0.450. The van der Waals surface area contributed by atoms with Crippen LogP contribution < -0.4 is 10.6 Å². The van der Waals surface area contributed by atoms with Crippen LogP contribution in [0.4, 0.5) is 4.39 Å². The van der Waals surface area contributed by atoms with Gasteiger partial charge in [0.15, 0.2) is 0 Å². The summed E-state index contributed by atoms with van der Waals surface area (Å²) in [5.41, 5.74) is 0.868. The van der Waals surface area contributed by atoms with Gasteiger partial charge in [-0.25, -0.2) is 4.98 Å². The molecule has 4 nitrogen and oxygen atoms in total. The Kier molecular flexibility index (Phi) is 5.28. The van der Waals surface area contributed by atoms with Gasteiger partial charge in [-0.05, 0) is 36.6 Å². The molecule has 1 aliphatic rings. The molecular weight excluding hydrogens is 348 g/mol. The first kappa shape index (κ1) is 14.1. The van der Waals surface area contributed by atoms with Gasteiger partial charge in [0.2, 0.25) is 5.95 Å². The zero-order valence-corrected chi connectivity index (χ0v) is 12.4. The van der Waals surface area contributed by atoms with Crippen molar-refractivity contribution >= 4 is 23.0 Å². The van der Waals surface area contributed by atoms with Crippen LogP contribution in [-0.4, -0.2) is 23.8 Å². The molecular formula is C12H17FIN3O. The van der Waals surface area contributed by atoms with Crippen LogP contribution >= 0.6 is 23.0 Å². The molecule has 1 saturated heterocycles. The van der Waals surface area contributed by atoms with E-state index in [-0.39, 0.29) is 6.23 Å². The van der Waals surface area contributed by atoms with Crippen molar-refractivity contribution in [2.45, 2.75) is 32.2 Å². The number of pyridine rings is 1. The minimum absolute atomic E-state index is 0.0632. The van der Waals surface area contributed by atoms with Crippen LogP contribution in [0.15, 0.2) is 18.3 Å². The van der Waals surface area contributed by atoms with Gasteiger partial charge < -0.3 is 5.32 Å². The molecule has 1 aromatic rings. The zero-order valence-electron chi connectivity index (χ0n) is 10.2. The van der Waals surface area contributed by atoms with Gasteiger partial charge in [-0.3, -0.25) is 8.38 Å². The number of nitrogens with zero attached hydrogens (tertiary/aromatic N) is 1. The fourth-order valence-corrected chi connectivity index (χ4v) is 2.72. The van der Waals surface area contributed by atoms with E-state index in [1.54, 1.807) is 6.07 Å². The first-order valence-corrected chi connectivity index (χ1v) is 6.91. The lowest BCUT2D eigenvalue weighted by molar-refractivity contribution is 0.178. The summed E-state index contributed by atoms with van der Waals surface area (Å²) in [5, 5.41) is 6.72. The van der Waals surface area contributed by atoms with Gasteiger partial charge in [0, 0.05) is 18.8 Å². The van der Waals surface area contributed by atoms with Gasteiger partial charge in [-0.15, -0.1) is 0 Å². The molecule has 1 aromatic heterocycles. The summed E-state index contributed by atoms with van der Waals surface area (Å²) in [6.45, 7) is 3.81. The number of nitrogens with one attached hydrogen (secondary N) is 2. The Morgan fingerprint density at radius 1 is 1.72 bits per heavy atom. The number of hydrogen-bond acceptors (Lipinski definition) is 4. The first-order valence-electron chi connectivity index (χ1n) is 6.03. The third kappa shape index (κ3) is 3.84. The molecule has 0 amide bonds. The Hall–Kier alpha value is -0.310. The second-order valence-electron chi connectivity index (χ2n) is 4.73. The van der Waals surface area contributed by atoms with E-state index in [9.17, 15) is 4.39 Å². The summed E-state index contributed by atoms with van der Waals surface area (Å²) in [6.07, 6.45) is 2.50.